The van der Waals surface area contributed by atoms with E-state index < -0.39 is 0 Å². The highest BCUT2D eigenvalue weighted by Gasteiger charge is 2.26. The molecule has 14 heteroatoms. The molecule has 0 bridgehead atoms. The Kier molecular flexibility index (Phi) is 15.8. The van der Waals surface area contributed by atoms with Crippen molar-refractivity contribution in [3.05, 3.63) is 59.0 Å². The average molecular weight is 824 g/mol. The van der Waals surface area contributed by atoms with Gasteiger partial charge < -0.3 is 48.7 Å². The lowest BCUT2D eigenvalue weighted by atomic mass is 9.87. The standard InChI is InChI=1S/C29H39BI2N2O9/c1-18-25(31)19(2)33-27(18)23(28-24(30)26(32)29(37)34-28)20-15-21(42-13-11-40-9-7-38-5-3-35)17-22(16-20)43-14-12-41-10-8-39-6-4-36/h15-17,33,35-36H,3-14,30H2,1-2H3,(H,34,37)/b28-23-. The van der Waals surface area contributed by atoms with Crippen LogP contribution in [0.1, 0.15) is 22.5 Å². The quantitative estimate of drug-likeness (QED) is 0.0901. The molecule has 236 valence electrons. The molecule has 0 saturated carbocycles. The fourth-order valence-corrected chi connectivity index (χ4v) is 5.00. The molecule has 4 N–H and O–H groups in total. The third kappa shape index (κ3) is 10.7. The third-order valence-electron chi connectivity index (χ3n) is 6.31. The molecule has 1 aromatic carbocycles. The van der Waals surface area contributed by atoms with Crippen molar-refractivity contribution in [1.82, 2.24) is 4.98 Å². The number of aromatic nitrogens is 1. The number of benzene rings is 1. The van der Waals surface area contributed by atoms with Gasteiger partial charge in [0.1, 0.15) is 32.6 Å². The van der Waals surface area contributed by atoms with Gasteiger partial charge in [0.25, 0.3) is 0 Å². The van der Waals surface area contributed by atoms with Crippen molar-refractivity contribution in [1.29, 1.82) is 0 Å². The number of halogens is 2. The Labute approximate surface area is 280 Å². The molecule has 43 heavy (non-hydrogen) atoms. The van der Waals surface area contributed by atoms with Gasteiger partial charge in [0.2, 0.25) is 5.90 Å². The normalized spacial score (nSPS) is 14.4. The molecule has 0 spiro atoms. The maximum Gasteiger partial charge on any atom is 0.224 e. The number of aliphatic imine (C=N–C) groups is 1. The lowest BCUT2D eigenvalue weighted by molar-refractivity contribution is 0.0241. The van der Waals surface area contributed by atoms with E-state index in [0.29, 0.717) is 73.6 Å². The van der Waals surface area contributed by atoms with Gasteiger partial charge in [0.15, 0.2) is 0 Å². The summed E-state index contributed by atoms with van der Waals surface area (Å²) in [6.07, 6.45) is 0. The third-order valence-corrected chi connectivity index (χ3v) is 9.22. The molecular formula is C29H39BI2N2O9. The Hall–Kier alpha value is -1.67. The zero-order chi connectivity index (χ0) is 31.2. The van der Waals surface area contributed by atoms with Gasteiger partial charge in [-0.1, -0.05) is 0 Å². The molecule has 1 aliphatic rings. The van der Waals surface area contributed by atoms with Crippen LogP contribution < -0.4 is 9.47 Å². The number of hydrogen-bond acceptors (Lipinski definition) is 9. The zero-order valence-electron chi connectivity index (χ0n) is 24.7. The van der Waals surface area contributed by atoms with Crippen LogP contribution in [0, 0.1) is 17.4 Å². The highest BCUT2D eigenvalue weighted by Crippen LogP contribution is 2.40. The number of hydrogen-bond donors (Lipinski definition) is 4. The molecule has 0 atom stereocenters. The minimum absolute atomic E-state index is 0.00894. The maximum atomic E-state index is 10.5. The minimum atomic E-state index is -0.0205. The van der Waals surface area contributed by atoms with Gasteiger partial charge >= 0.3 is 0 Å². The van der Waals surface area contributed by atoms with E-state index in [-0.39, 0.29) is 32.3 Å². The summed E-state index contributed by atoms with van der Waals surface area (Å²) < 4.78 is 35.6. The van der Waals surface area contributed by atoms with Crippen LogP contribution in [0.15, 0.2) is 37.9 Å². The number of nitrogens with zero attached hydrogens (tertiary/aromatic N) is 1. The number of aryl methyl sites for hydroxylation is 1. The summed E-state index contributed by atoms with van der Waals surface area (Å²) in [5.74, 6) is 1.16. The fourth-order valence-electron chi connectivity index (χ4n) is 4.22. The van der Waals surface area contributed by atoms with Crippen LogP contribution in [0.5, 0.6) is 11.5 Å². The Morgan fingerprint density at radius 1 is 0.791 bits per heavy atom. The van der Waals surface area contributed by atoms with Gasteiger partial charge in [-0.2, -0.15) is 0 Å². The Morgan fingerprint density at radius 3 is 1.70 bits per heavy atom. The molecule has 0 fully saturated rings. The van der Waals surface area contributed by atoms with E-state index in [4.69, 9.17) is 38.6 Å². The second-order valence-electron chi connectivity index (χ2n) is 9.45. The molecule has 0 saturated heterocycles. The second kappa shape index (κ2) is 19.0. The molecule has 1 aliphatic heterocycles. The Bertz CT molecular complexity index is 1260. The summed E-state index contributed by atoms with van der Waals surface area (Å²) in [5.41, 5.74) is 6.19. The van der Waals surface area contributed by atoms with E-state index in [1.165, 1.54) is 0 Å². The topological polar surface area (TPSA) is 144 Å². The van der Waals surface area contributed by atoms with E-state index in [0.717, 1.165) is 37.1 Å². The van der Waals surface area contributed by atoms with Crippen molar-refractivity contribution in [2.24, 2.45) is 4.99 Å². The first-order valence-corrected chi connectivity index (χ1v) is 16.1. The van der Waals surface area contributed by atoms with E-state index >= 15 is 0 Å². The second-order valence-corrected chi connectivity index (χ2v) is 11.6. The molecule has 2 heterocycles. The van der Waals surface area contributed by atoms with E-state index in [1.54, 1.807) is 0 Å². The Balaban J connectivity index is 1.88. The van der Waals surface area contributed by atoms with Crippen LogP contribution in [-0.2, 0) is 18.9 Å². The minimum Gasteiger partial charge on any atom is -0.493 e. The number of aromatic amines is 1. The first-order chi connectivity index (χ1) is 20.8. The van der Waals surface area contributed by atoms with Crippen molar-refractivity contribution in [3.63, 3.8) is 0 Å². The molecule has 0 radical (unpaired) electrons. The molecule has 11 nitrogen and oxygen atoms in total. The first kappa shape index (κ1) is 35.8. The summed E-state index contributed by atoms with van der Waals surface area (Å²) in [5, 5.41) is 28.1. The highest BCUT2D eigenvalue weighted by atomic mass is 127. The number of allylic oxidation sites excluding steroid dienone is 1. The summed E-state index contributed by atoms with van der Waals surface area (Å²) in [7, 11) is 1.95. The van der Waals surface area contributed by atoms with Gasteiger partial charge in [0, 0.05) is 20.9 Å². The highest BCUT2D eigenvalue weighted by molar-refractivity contribution is 14.1. The summed E-state index contributed by atoms with van der Waals surface area (Å²) in [6.45, 7) is 7.52. The van der Waals surface area contributed by atoms with Crippen molar-refractivity contribution in [2.45, 2.75) is 13.8 Å². The van der Waals surface area contributed by atoms with Crippen LogP contribution in [0.4, 0.5) is 0 Å². The van der Waals surface area contributed by atoms with Gasteiger partial charge in [-0.3, -0.25) is 0 Å². The summed E-state index contributed by atoms with van der Waals surface area (Å²) >= 11 is 4.44. The molecule has 0 unspecified atom stereocenters. The molecule has 3 rings (SSSR count). The van der Waals surface area contributed by atoms with Crippen LogP contribution >= 0.6 is 45.2 Å². The predicted molar refractivity (Wildman–Crippen MR) is 184 cm³/mol. The van der Waals surface area contributed by atoms with Crippen molar-refractivity contribution in [2.75, 3.05) is 79.3 Å². The monoisotopic (exact) mass is 824 g/mol. The average Bonchev–Trinajstić information content (AvgIpc) is 3.39. The Morgan fingerprint density at radius 2 is 1.28 bits per heavy atom. The van der Waals surface area contributed by atoms with E-state index in [2.05, 4.69) is 62.1 Å². The largest absolute Gasteiger partial charge is 0.493 e. The number of nitrogens with one attached hydrogen (secondary N) is 1. The predicted octanol–water partition coefficient (Wildman–Crippen LogP) is 3.05. The van der Waals surface area contributed by atoms with Gasteiger partial charge in [-0.15, -0.1) is 0 Å². The first-order valence-electron chi connectivity index (χ1n) is 14.0. The van der Waals surface area contributed by atoms with Crippen molar-refractivity contribution >= 4 is 64.5 Å². The van der Waals surface area contributed by atoms with Crippen LogP contribution in [0.25, 0.3) is 5.57 Å². The van der Waals surface area contributed by atoms with Crippen molar-refractivity contribution < 1.29 is 43.7 Å². The van der Waals surface area contributed by atoms with Gasteiger partial charge in [-0.25, -0.2) is 4.99 Å². The molecule has 2 aromatic rings. The number of aliphatic hydroxyl groups is 3. The molecule has 1 aromatic heterocycles. The lowest BCUT2D eigenvalue weighted by Gasteiger charge is -2.16. The summed E-state index contributed by atoms with van der Waals surface area (Å²) in [4.78, 5) is 8.07. The lowest BCUT2D eigenvalue weighted by Crippen LogP contribution is -2.13. The van der Waals surface area contributed by atoms with Gasteiger partial charge in [-0.05, 0) is 87.8 Å². The van der Waals surface area contributed by atoms with Gasteiger partial charge in [0.05, 0.1) is 81.0 Å². The smallest absolute Gasteiger partial charge is 0.224 e. The SMILES string of the molecule is BC1=C(I)C(O)=N/C1=C(/c1cc(OCCOCCOCCO)cc(OCCOCCOCCO)c1)c1[nH]c(C)c(I)c1C. The number of H-pyrrole nitrogens is 1. The summed E-state index contributed by atoms with van der Waals surface area (Å²) in [6, 6.07) is 5.68. The van der Waals surface area contributed by atoms with Crippen LogP contribution in [0.2, 0.25) is 0 Å². The van der Waals surface area contributed by atoms with E-state index in [1.807, 2.05) is 33.0 Å². The number of ether oxygens (including phenoxy) is 6. The molecule has 0 amide bonds. The van der Waals surface area contributed by atoms with Crippen LogP contribution in [0.3, 0.4) is 0 Å². The zero-order valence-corrected chi connectivity index (χ0v) is 29.0. The van der Waals surface area contributed by atoms with E-state index in [9.17, 15) is 5.11 Å². The fraction of sp³-hybridized carbons (Fsp3) is 0.483. The molecular weight excluding hydrogens is 785 g/mol. The number of rotatable bonds is 20. The van der Waals surface area contributed by atoms with Crippen LogP contribution in [-0.4, -0.2) is 113 Å². The maximum absolute atomic E-state index is 10.5. The molecule has 0 aliphatic carbocycles. The number of aliphatic hydroxyl groups excluding tert-OH is 3. The van der Waals surface area contributed by atoms with Crippen molar-refractivity contribution in [3.8, 4) is 11.5 Å².